The van der Waals surface area contributed by atoms with E-state index in [0.29, 0.717) is 0 Å². The molecule has 11 heteroatoms. The Labute approximate surface area is 105 Å². The average molecular weight is 275 g/mol. The lowest BCUT2D eigenvalue weighted by Crippen LogP contribution is -2.41. The Morgan fingerprint density at radius 1 is 0.947 bits per heavy atom. The van der Waals surface area contributed by atoms with Crippen molar-refractivity contribution in [3.05, 3.63) is 0 Å². The molecule has 0 radical (unpaired) electrons. The number of hydrogen-bond donors (Lipinski definition) is 2. The minimum atomic E-state index is -3.20. The van der Waals surface area contributed by atoms with Gasteiger partial charge in [0.05, 0.1) is 12.8 Å². The normalized spacial score (nSPS) is 28.2. The summed E-state index contributed by atoms with van der Waals surface area (Å²) in [5, 5.41) is 17.1. The van der Waals surface area contributed by atoms with Crippen LogP contribution < -0.4 is 0 Å². The summed E-state index contributed by atoms with van der Waals surface area (Å²) in [6.45, 7) is -3.20. The zero-order chi connectivity index (χ0) is 14.2. The van der Waals surface area contributed by atoms with Crippen LogP contribution in [-0.4, -0.2) is 53.3 Å². The predicted molar refractivity (Wildman–Crippen MR) is 52.2 cm³/mol. The van der Waals surface area contributed by atoms with Crippen molar-refractivity contribution in [1.29, 1.82) is 0 Å². The summed E-state index contributed by atoms with van der Waals surface area (Å²) in [4.78, 5) is 43.6. The molecule has 2 aliphatic heterocycles. The second-order valence-electron chi connectivity index (χ2n) is 3.90. The zero-order valence-electron chi connectivity index (χ0n) is 9.31. The molecule has 104 valence electrons. The number of rotatable bonds is 4. The molecule has 0 saturated carbocycles. The standard InChI is InChI=1S/C8H8BO10/c10-5(11)1-3-7(14)18-9(16-3)17-4(2-6(12)13)8(15)19-9/h3-4H,1-2H2,(H,10,11)(H,12,13)/q-1/t3-,4-,9?/m0/s1. The van der Waals surface area contributed by atoms with E-state index in [2.05, 4.69) is 9.31 Å². The van der Waals surface area contributed by atoms with Gasteiger partial charge in [0, 0.05) is 0 Å². The maximum absolute atomic E-state index is 11.3. The van der Waals surface area contributed by atoms with Gasteiger partial charge in [0.2, 0.25) is 0 Å². The molecule has 2 aliphatic rings. The van der Waals surface area contributed by atoms with Crippen LogP contribution in [0, 0.1) is 0 Å². The Morgan fingerprint density at radius 3 is 1.63 bits per heavy atom. The van der Waals surface area contributed by atoms with Gasteiger partial charge in [-0.05, 0) is 0 Å². The van der Waals surface area contributed by atoms with Crippen LogP contribution in [0.4, 0.5) is 0 Å². The highest BCUT2D eigenvalue weighted by Crippen LogP contribution is 2.32. The van der Waals surface area contributed by atoms with E-state index in [-0.39, 0.29) is 0 Å². The van der Waals surface area contributed by atoms with E-state index in [4.69, 9.17) is 19.5 Å². The van der Waals surface area contributed by atoms with Crippen LogP contribution in [0.5, 0.6) is 0 Å². The quantitative estimate of drug-likeness (QED) is 0.566. The second kappa shape index (κ2) is 4.51. The summed E-state index contributed by atoms with van der Waals surface area (Å²) in [5.74, 6) is -4.74. The van der Waals surface area contributed by atoms with Crippen LogP contribution in [0.3, 0.4) is 0 Å². The highest BCUT2D eigenvalue weighted by atomic mass is 16.9. The maximum atomic E-state index is 11.3. The first kappa shape index (κ1) is 13.3. The molecule has 2 rings (SSSR count). The fourth-order valence-corrected chi connectivity index (χ4v) is 1.70. The molecule has 2 heterocycles. The fourth-order valence-electron chi connectivity index (χ4n) is 1.70. The lowest BCUT2D eigenvalue weighted by Gasteiger charge is -2.25. The monoisotopic (exact) mass is 275 g/mol. The second-order valence-corrected chi connectivity index (χ2v) is 3.90. The minimum Gasteiger partial charge on any atom is -0.606 e. The molecule has 2 fully saturated rings. The maximum Gasteiger partial charge on any atom is 0.657 e. The van der Waals surface area contributed by atoms with Crippen molar-refractivity contribution in [2.75, 3.05) is 0 Å². The van der Waals surface area contributed by atoms with Crippen molar-refractivity contribution in [3.63, 3.8) is 0 Å². The molecular formula is C8H8BO10-. The molecule has 0 amide bonds. The van der Waals surface area contributed by atoms with Gasteiger partial charge in [0.15, 0.2) is 0 Å². The molecule has 19 heavy (non-hydrogen) atoms. The summed E-state index contributed by atoms with van der Waals surface area (Å²) < 4.78 is 18.9. The fraction of sp³-hybridized carbons (Fsp3) is 0.500. The van der Waals surface area contributed by atoms with Gasteiger partial charge in [-0.25, -0.2) is 0 Å². The molecule has 0 bridgehead atoms. The third-order valence-electron chi connectivity index (χ3n) is 2.43. The Bertz CT molecular complexity index is 416. The number of carboxylic acid groups (broad SMARTS) is 2. The molecule has 0 aliphatic carbocycles. The van der Waals surface area contributed by atoms with Gasteiger partial charge in [-0.3, -0.25) is 19.2 Å². The van der Waals surface area contributed by atoms with Crippen LogP contribution in [0.15, 0.2) is 0 Å². The van der Waals surface area contributed by atoms with Gasteiger partial charge in [-0.2, -0.15) is 0 Å². The lowest BCUT2D eigenvalue weighted by atomic mass is 10.1. The van der Waals surface area contributed by atoms with Crippen molar-refractivity contribution >= 4 is 30.8 Å². The first-order valence-corrected chi connectivity index (χ1v) is 5.19. The van der Waals surface area contributed by atoms with Gasteiger partial charge in [-0.15, -0.1) is 0 Å². The van der Waals surface area contributed by atoms with E-state index in [1.54, 1.807) is 0 Å². The van der Waals surface area contributed by atoms with Crippen molar-refractivity contribution in [1.82, 2.24) is 0 Å². The molecule has 2 N–H and O–H groups in total. The predicted octanol–water partition coefficient (Wildman–Crippen LogP) is -1.74. The molecule has 0 aromatic rings. The molecule has 10 nitrogen and oxygen atoms in total. The number of carboxylic acids is 2. The van der Waals surface area contributed by atoms with E-state index < -0.39 is 55.9 Å². The van der Waals surface area contributed by atoms with Crippen LogP contribution in [0.25, 0.3) is 0 Å². The van der Waals surface area contributed by atoms with Gasteiger partial charge in [0.1, 0.15) is 12.2 Å². The molecule has 0 unspecified atom stereocenters. The Balaban J connectivity index is 2.06. The van der Waals surface area contributed by atoms with Crippen molar-refractivity contribution in [2.45, 2.75) is 25.0 Å². The van der Waals surface area contributed by atoms with E-state index in [1.165, 1.54) is 0 Å². The van der Waals surface area contributed by atoms with Crippen LogP contribution in [-0.2, 0) is 37.8 Å². The SMILES string of the molecule is O=C(O)C[C@@H]1O[B-]2(OC1=O)OC(=O)[C@H](CC(=O)O)O2. The summed E-state index contributed by atoms with van der Waals surface area (Å²) in [6, 6.07) is 0. The van der Waals surface area contributed by atoms with Gasteiger partial charge < -0.3 is 28.8 Å². The van der Waals surface area contributed by atoms with Crippen LogP contribution in [0.2, 0.25) is 0 Å². The van der Waals surface area contributed by atoms with Crippen molar-refractivity contribution < 1.29 is 48.0 Å². The minimum absolute atomic E-state index is 0.688. The van der Waals surface area contributed by atoms with E-state index in [9.17, 15) is 19.2 Å². The summed E-state index contributed by atoms with van der Waals surface area (Å²) >= 11 is 0. The summed E-state index contributed by atoms with van der Waals surface area (Å²) in [6.07, 6.45) is -4.30. The van der Waals surface area contributed by atoms with Gasteiger partial charge in [-0.1, -0.05) is 0 Å². The van der Waals surface area contributed by atoms with E-state index in [1.807, 2.05) is 0 Å². The number of hydrogen-bond acceptors (Lipinski definition) is 8. The molecule has 2 atom stereocenters. The smallest absolute Gasteiger partial charge is 0.606 e. The van der Waals surface area contributed by atoms with Crippen LogP contribution >= 0.6 is 0 Å². The first-order valence-electron chi connectivity index (χ1n) is 5.19. The molecule has 1 spiro atoms. The zero-order valence-corrected chi connectivity index (χ0v) is 9.31. The molecule has 0 aromatic carbocycles. The molecular weight excluding hydrogens is 267 g/mol. The van der Waals surface area contributed by atoms with E-state index >= 15 is 0 Å². The van der Waals surface area contributed by atoms with Crippen molar-refractivity contribution in [2.24, 2.45) is 0 Å². The Kier molecular flexibility index (Phi) is 3.16. The molecule has 0 aromatic heterocycles. The lowest BCUT2D eigenvalue weighted by molar-refractivity contribution is -0.145. The Morgan fingerprint density at radius 2 is 1.32 bits per heavy atom. The van der Waals surface area contributed by atoms with Crippen molar-refractivity contribution in [3.8, 4) is 0 Å². The van der Waals surface area contributed by atoms with Crippen LogP contribution in [0.1, 0.15) is 12.8 Å². The van der Waals surface area contributed by atoms with Gasteiger partial charge >= 0.3 is 18.9 Å². The number of aliphatic carboxylic acids is 2. The topological polar surface area (TPSA) is 146 Å². The Hall–Kier alpha value is -2.14. The summed E-state index contributed by atoms with van der Waals surface area (Å²) in [5.41, 5.74) is 0. The first-order chi connectivity index (χ1) is 8.81. The highest BCUT2D eigenvalue weighted by molar-refractivity contribution is 6.61. The largest absolute Gasteiger partial charge is 0.657 e. The highest BCUT2D eigenvalue weighted by Gasteiger charge is 2.57. The summed E-state index contributed by atoms with van der Waals surface area (Å²) in [7, 11) is 0. The third kappa shape index (κ3) is 2.66. The number of carbonyl (C=O) groups is 4. The van der Waals surface area contributed by atoms with Gasteiger partial charge in [0.25, 0.3) is 11.9 Å². The average Bonchev–Trinajstić information content (AvgIpc) is 2.67. The molecule has 2 saturated heterocycles. The third-order valence-corrected chi connectivity index (χ3v) is 2.43. The van der Waals surface area contributed by atoms with E-state index in [0.717, 1.165) is 0 Å². The number of carbonyl (C=O) groups excluding carboxylic acids is 2.